The van der Waals surface area contributed by atoms with Crippen LogP contribution in [0.2, 0.25) is 0 Å². The maximum Gasteiger partial charge on any atom is 0.326 e. The first-order chi connectivity index (χ1) is 11.1. The van der Waals surface area contributed by atoms with Crippen molar-refractivity contribution in [2.45, 2.75) is 43.8 Å². The molecule has 6 nitrogen and oxygen atoms in total. The van der Waals surface area contributed by atoms with Gasteiger partial charge in [-0.05, 0) is 37.3 Å². The van der Waals surface area contributed by atoms with Crippen LogP contribution in [0.3, 0.4) is 0 Å². The van der Waals surface area contributed by atoms with Gasteiger partial charge in [0.1, 0.15) is 6.04 Å². The number of carbonyl (C=O) groups excluding carboxylic acids is 1. The summed E-state index contributed by atoms with van der Waals surface area (Å²) in [5.41, 5.74) is 9.14. The normalized spacial score (nSPS) is 27.4. The predicted molar refractivity (Wildman–Crippen MR) is 84.8 cm³/mol. The molecule has 0 spiro atoms. The maximum atomic E-state index is 12.7. The minimum Gasteiger partial charge on any atom is -0.480 e. The number of hydrogen-bond donors (Lipinski definition) is 3. The van der Waals surface area contributed by atoms with E-state index in [1.165, 1.54) is 4.90 Å². The van der Waals surface area contributed by atoms with Gasteiger partial charge >= 0.3 is 5.97 Å². The van der Waals surface area contributed by atoms with Gasteiger partial charge in [0.05, 0.1) is 12.1 Å². The van der Waals surface area contributed by atoms with Crippen molar-refractivity contribution in [3.8, 4) is 0 Å². The van der Waals surface area contributed by atoms with Crippen molar-refractivity contribution < 1.29 is 14.7 Å². The molecule has 0 unspecified atom stereocenters. The molecule has 2 aromatic rings. The molecule has 1 amide bonds. The number of rotatable bonds is 1. The van der Waals surface area contributed by atoms with E-state index in [-0.39, 0.29) is 11.9 Å². The summed E-state index contributed by atoms with van der Waals surface area (Å²) >= 11 is 0. The number of nitrogens with two attached hydrogens (primary N) is 1. The molecule has 2 aliphatic heterocycles. The second kappa shape index (κ2) is 5.09. The van der Waals surface area contributed by atoms with Crippen LogP contribution in [0.4, 0.5) is 0 Å². The number of carboxylic acid groups (broad SMARTS) is 1. The summed E-state index contributed by atoms with van der Waals surface area (Å²) in [6.45, 7) is 0. The van der Waals surface area contributed by atoms with Gasteiger partial charge in [0.15, 0.2) is 0 Å². The largest absolute Gasteiger partial charge is 0.480 e. The van der Waals surface area contributed by atoms with Gasteiger partial charge in [-0.2, -0.15) is 0 Å². The molecule has 0 saturated carbocycles. The molecule has 120 valence electrons. The summed E-state index contributed by atoms with van der Waals surface area (Å²) in [5, 5.41) is 10.6. The standard InChI is InChI=1S/C17H19N3O3/c18-11-8-10-9-4-1-2-5-12(9)19-15(10)13-6-3-7-14(17(22)23)20(13)16(11)21/h1-2,4-5,11,13-14,19H,3,6-8,18H2,(H,22,23)/t11-,13+,14-/m0/s1. The molecule has 2 aliphatic rings. The third kappa shape index (κ3) is 2.05. The fraction of sp³-hybridized carbons (Fsp3) is 0.412. The zero-order valence-corrected chi connectivity index (χ0v) is 12.7. The van der Waals surface area contributed by atoms with Gasteiger partial charge in [0.25, 0.3) is 0 Å². The Kier molecular flexibility index (Phi) is 3.16. The molecule has 23 heavy (non-hydrogen) atoms. The highest BCUT2D eigenvalue weighted by molar-refractivity contribution is 5.91. The number of nitrogens with zero attached hydrogens (tertiary/aromatic N) is 1. The quantitative estimate of drug-likeness (QED) is 0.744. The molecule has 1 saturated heterocycles. The number of benzene rings is 1. The molecule has 4 N–H and O–H groups in total. The Morgan fingerprint density at radius 3 is 2.87 bits per heavy atom. The van der Waals surface area contributed by atoms with Gasteiger partial charge in [0, 0.05) is 16.6 Å². The first kappa shape index (κ1) is 14.3. The van der Waals surface area contributed by atoms with Crippen molar-refractivity contribution in [1.29, 1.82) is 0 Å². The zero-order chi connectivity index (χ0) is 16.1. The Bertz CT molecular complexity index is 797. The second-order valence-corrected chi connectivity index (χ2v) is 6.42. The Morgan fingerprint density at radius 2 is 2.09 bits per heavy atom. The first-order valence-electron chi connectivity index (χ1n) is 7.98. The second-order valence-electron chi connectivity index (χ2n) is 6.42. The monoisotopic (exact) mass is 313 g/mol. The Morgan fingerprint density at radius 1 is 1.30 bits per heavy atom. The van der Waals surface area contributed by atoms with Crippen LogP contribution in [0.15, 0.2) is 24.3 Å². The van der Waals surface area contributed by atoms with Crippen molar-refractivity contribution >= 4 is 22.8 Å². The SMILES string of the molecule is N[C@H]1Cc2c([nH]c3ccccc23)[C@H]2CCC[C@@H](C(=O)O)N2C1=O. The fourth-order valence-electron chi connectivity index (χ4n) is 4.06. The average Bonchev–Trinajstić information content (AvgIpc) is 2.87. The minimum absolute atomic E-state index is 0.228. The van der Waals surface area contributed by atoms with Gasteiger partial charge in [-0.1, -0.05) is 18.2 Å². The number of aromatic amines is 1. The van der Waals surface area contributed by atoms with Crippen LogP contribution in [-0.2, 0) is 16.0 Å². The highest BCUT2D eigenvalue weighted by Crippen LogP contribution is 2.40. The van der Waals surface area contributed by atoms with Crippen LogP contribution in [0, 0.1) is 0 Å². The van der Waals surface area contributed by atoms with Crippen molar-refractivity contribution in [3.05, 3.63) is 35.5 Å². The molecule has 4 rings (SSSR count). The molecule has 6 heteroatoms. The number of H-pyrrole nitrogens is 1. The smallest absolute Gasteiger partial charge is 0.326 e. The summed E-state index contributed by atoms with van der Waals surface area (Å²) in [7, 11) is 0. The van der Waals surface area contributed by atoms with Crippen LogP contribution in [0.25, 0.3) is 10.9 Å². The minimum atomic E-state index is -0.949. The number of nitrogens with one attached hydrogen (secondary N) is 1. The lowest BCUT2D eigenvalue weighted by Gasteiger charge is -2.39. The highest BCUT2D eigenvalue weighted by Gasteiger charge is 2.44. The number of carbonyl (C=O) groups is 2. The maximum absolute atomic E-state index is 12.7. The lowest BCUT2D eigenvalue weighted by atomic mass is 9.92. The predicted octanol–water partition coefficient (Wildman–Crippen LogP) is 1.56. The van der Waals surface area contributed by atoms with Crippen LogP contribution in [0.1, 0.15) is 36.6 Å². The molecule has 0 radical (unpaired) electrons. The summed E-state index contributed by atoms with van der Waals surface area (Å²) in [6, 6.07) is 6.24. The van der Waals surface area contributed by atoms with Crippen molar-refractivity contribution in [3.63, 3.8) is 0 Å². The number of fused-ring (bicyclic) bond motifs is 5. The number of para-hydroxylation sites is 1. The van der Waals surface area contributed by atoms with E-state index in [1.54, 1.807) is 0 Å². The van der Waals surface area contributed by atoms with Crippen molar-refractivity contribution in [2.24, 2.45) is 5.73 Å². The number of aliphatic carboxylic acids is 1. The summed E-state index contributed by atoms with van der Waals surface area (Å²) in [5.74, 6) is -1.20. The Hall–Kier alpha value is -2.34. The van der Waals surface area contributed by atoms with E-state index in [9.17, 15) is 14.7 Å². The van der Waals surface area contributed by atoms with E-state index in [4.69, 9.17) is 5.73 Å². The third-order valence-corrected chi connectivity index (χ3v) is 5.09. The van der Waals surface area contributed by atoms with Crippen LogP contribution in [0.5, 0.6) is 0 Å². The van der Waals surface area contributed by atoms with Gasteiger partial charge in [0.2, 0.25) is 5.91 Å². The molecule has 1 aromatic carbocycles. The molecular weight excluding hydrogens is 294 g/mol. The van der Waals surface area contributed by atoms with Crippen molar-refractivity contribution in [2.75, 3.05) is 0 Å². The number of carboxylic acids is 1. The summed E-state index contributed by atoms with van der Waals surface area (Å²) in [4.78, 5) is 29.3. The van der Waals surface area contributed by atoms with E-state index in [0.717, 1.165) is 35.0 Å². The molecular formula is C17H19N3O3. The highest BCUT2D eigenvalue weighted by atomic mass is 16.4. The molecule has 3 heterocycles. The Balaban J connectivity index is 1.91. The molecule has 0 aliphatic carbocycles. The number of aromatic nitrogens is 1. The topological polar surface area (TPSA) is 99.4 Å². The lowest BCUT2D eigenvalue weighted by Crippen LogP contribution is -2.53. The summed E-state index contributed by atoms with van der Waals surface area (Å²) < 4.78 is 0. The van der Waals surface area contributed by atoms with Crippen LogP contribution in [-0.4, -0.2) is 39.0 Å². The number of hydrogen-bond acceptors (Lipinski definition) is 3. The average molecular weight is 313 g/mol. The zero-order valence-electron chi connectivity index (χ0n) is 12.7. The van der Waals surface area contributed by atoms with E-state index < -0.39 is 18.1 Å². The fourth-order valence-corrected chi connectivity index (χ4v) is 4.06. The molecule has 3 atom stereocenters. The van der Waals surface area contributed by atoms with Gasteiger partial charge < -0.3 is 20.7 Å². The number of piperidine rings is 1. The number of amides is 1. The van der Waals surface area contributed by atoms with E-state index in [1.807, 2.05) is 24.3 Å². The van der Waals surface area contributed by atoms with E-state index >= 15 is 0 Å². The molecule has 1 aromatic heterocycles. The molecule has 1 fully saturated rings. The van der Waals surface area contributed by atoms with Crippen molar-refractivity contribution in [1.82, 2.24) is 9.88 Å². The van der Waals surface area contributed by atoms with Gasteiger partial charge in [-0.15, -0.1) is 0 Å². The third-order valence-electron chi connectivity index (χ3n) is 5.09. The van der Waals surface area contributed by atoms with E-state index in [0.29, 0.717) is 12.8 Å². The van der Waals surface area contributed by atoms with Gasteiger partial charge in [-0.3, -0.25) is 4.79 Å². The van der Waals surface area contributed by atoms with E-state index in [2.05, 4.69) is 4.98 Å². The first-order valence-corrected chi connectivity index (χ1v) is 7.98. The van der Waals surface area contributed by atoms with Gasteiger partial charge in [-0.25, -0.2) is 4.79 Å². The van der Waals surface area contributed by atoms with Crippen LogP contribution < -0.4 is 5.73 Å². The lowest BCUT2D eigenvalue weighted by molar-refractivity contribution is -0.155. The van der Waals surface area contributed by atoms with Crippen LogP contribution >= 0.6 is 0 Å². The molecule has 0 bridgehead atoms. The Labute approximate surface area is 133 Å². The summed E-state index contributed by atoms with van der Waals surface area (Å²) in [6.07, 6.45) is 2.48.